The Bertz CT molecular complexity index is 1080. The van der Waals surface area contributed by atoms with E-state index in [9.17, 15) is 9.59 Å². The Morgan fingerprint density at radius 2 is 1.55 bits per heavy atom. The second-order valence-corrected chi connectivity index (χ2v) is 6.71. The standard InChI is InChI=1S/C21H22N6O2/c1-4-16-24-17(5-2)26-21(25-16)23-11-27-19(28)13-8-6-7-12-15(22-3)10-9-14(18(12)13)20(27)29/h6-10,22H,4-5,11H2,1-3H3,(H,23,24,25,26). The molecule has 1 aliphatic rings. The van der Waals surface area contributed by atoms with Crippen LogP contribution >= 0.6 is 0 Å². The molecule has 2 aromatic carbocycles. The number of carbonyl (C=O) groups excluding carboxylic acids is 2. The molecule has 2 N–H and O–H groups in total. The minimum atomic E-state index is -0.339. The van der Waals surface area contributed by atoms with Crippen LogP contribution in [0.5, 0.6) is 0 Å². The highest BCUT2D eigenvalue weighted by molar-refractivity contribution is 6.26. The second-order valence-electron chi connectivity index (χ2n) is 6.71. The summed E-state index contributed by atoms with van der Waals surface area (Å²) in [6.45, 7) is 3.91. The molecule has 1 aromatic heterocycles. The average Bonchev–Trinajstić information content (AvgIpc) is 2.76. The van der Waals surface area contributed by atoms with Crippen molar-refractivity contribution < 1.29 is 9.59 Å². The minimum Gasteiger partial charge on any atom is -0.388 e. The summed E-state index contributed by atoms with van der Waals surface area (Å²) in [5.41, 5.74) is 1.90. The van der Waals surface area contributed by atoms with Crippen LogP contribution in [0.15, 0.2) is 30.3 Å². The fourth-order valence-corrected chi connectivity index (χ4v) is 3.52. The molecule has 0 bridgehead atoms. The summed E-state index contributed by atoms with van der Waals surface area (Å²) in [7, 11) is 1.82. The van der Waals surface area contributed by atoms with E-state index in [1.165, 1.54) is 4.90 Å². The predicted octanol–water partition coefficient (Wildman–Crippen LogP) is 2.86. The van der Waals surface area contributed by atoms with Crippen molar-refractivity contribution in [1.29, 1.82) is 0 Å². The van der Waals surface area contributed by atoms with Crippen LogP contribution in [-0.2, 0) is 12.8 Å². The van der Waals surface area contributed by atoms with Crippen molar-refractivity contribution in [3.63, 3.8) is 0 Å². The minimum absolute atomic E-state index is 0.0163. The number of carbonyl (C=O) groups is 2. The zero-order valence-corrected chi connectivity index (χ0v) is 16.6. The number of amides is 2. The number of nitrogens with one attached hydrogen (secondary N) is 2. The Kier molecular flexibility index (Phi) is 4.84. The van der Waals surface area contributed by atoms with Gasteiger partial charge in [-0.1, -0.05) is 26.0 Å². The van der Waals surface area contributed by atoms with Crippen molar-refractivity contribution in [2.75, 3.05) is 24.3 Å². The van der Waals surface area contributed by atoms with Crippen molar-refractivity contribution in [1.82, 2.24) is 19.9 Å². The molecule has 29 heavy (non-hydrogen) atoms. The maximum absolute atomic E-state index is 13.1. The molecule has 3 aromatic rings. The summed E-state index contributed by atoms with van der Waals surface area (Å²) in [5, 5.41) is 7.67. The molecule has 1 aliphatic heterocycles. The number of hydrogen-bond donors (Lipinski definition) is 2. The summed E-state index contributed by atoms with van der Waals surface area (Å²) in [6, 6.07) is 9.10. The Morgan fingerprint density at radius 1 is 0.897 bits per heavy atom. The van der Waals surface area contributed by atoms with Crippen LogP contribution in [0.25, 0.3) is 10.8 Å². The maximum Gasteiger partial charge on any atom is 0.262 e. The second kappa shape index (κ2) is 7.46. The van der Waals surface area contributed by atoms with Crippen LogP contribution in [0.3, 0.4) is 0 Å². The molecule has 0 aliphatic carbocycles. The summed E-state index contributed by atoms with van der Waals surface area (Å²) in [4.78, 5) is 40.4. The lowest BCUT2D eigenvalue weighted by Gasteiger charge is -2.27. The third-order valence-electron chi connectivity index (χ3n) is 5.02. The van der Waals surface area contributed by atoms with Crippen molar-refractivity contribution in [3.8, 4) is 0 Å². The third-order valence-corrected chi connectivity index (χ3v) is 5.02. The van der Waals surface area contributed by atoms with Crippen LogP contribution in [0.2, 0.25) is 0 Å². The number of aromatic nitrogens is 3. The van der Waals surface area contributed by atoms with Gasteiger partial charge in [0.1, 0.15) is 18.3 Å². The van der Waals surface area contributed by atoms with Gasteiger partial charge in [0.25, 0.3) is 11.8 Å². The Labute approximate surface area is 168 Å². The number of nitrogens with zero attached hydrogens (tertiary/aromatic N) is 4. The van der Waals surface area contributed by atoms with E-state index < -0.39 is 0 Å². The number of anilines is 2. The van der Waals surface area contributed by atoms with Crippen LogP contribution in [-0.4, -0.2) is 45.4 Å². The van der Waals surface area contributed by atoms with Gasteiger partial charge in [0.2, 0.25) is 5.95 Å². The van der Waals surface area contributed by atoms with E-state index in [0.29, 0.717) is 47.0 Å². The van der Waals surface area contributed by atoms with Gasteiger partial charge in [-0.05, 0) is 18.2 Å². The molecule has 148 valence electrons. The number of aryl methyl sites for hydroxylation is 2. The summed E-state index contributed by atoms with van der Waals surface area (Å²) < 4.78 is 0. The smallest absolute Gasteiger partial charge is 0.262 e. The van der Waals surface area contributed by atoms with Gasteiger partial charge >= 0.3 is 0 Å². The highest BCUT2D eigenvalue weighted by Gasteiger charge is 2.33. The first kappa shape index (κ1) is 18.8. The van der Waals surface area contributed by atoms with Crippen LogP contribution < -0.4 is 10.6 Å². The zero-order valence-electron chi connectivity index (χ0n) is 16.6. The maximum atomic E-state index is 13.1. The number of benzene rings is 2. The average molecular weight is 390 g/mol. The molecular weight excluding hydrogens is 368 g/mol. The monoisotopic (exact) mass is 390 g/mol. The Morgan fingerprint density at radius 3 is 2.17 bits per heavy atom. The molecule has 2 heterocycles. The molecule has 8 heteroatoms. The fourth-order valence-electron chi connectivity index (χ4n) is 3.52. The van der Waals surface area contributed by atoms with Crippen molar-refractivity contribution in [3.05, 3.63) is 53.1 Å². The zero-order chi connectivity index (χ0) is 20.5. The van der Waals surface area contributed by atoms with Gasteiger partial charge in [-0.2, -0.15) is 9.97 Å². The molecule has 2 amide bonds. The Hall–Kier alpha value is -3.55. The van der Waals surface area contributed by atoms with Crippen molar-refractivity contribution in [2.45, 2.75) is 26.7 Å². The SMILES string of the molecule is CCc1nc(CC)nc(NCN2C(=O)c3cccc4c(NC)ccc(c34)C2=O)n1. The summed E-state index contributed by atoms with van der Waals surface area (Å²) >= 11 is 0. The van der Waals surface area contributed by atoms with Gasteiger partial charge in [0.15, 0.2) is 0 Å². The molecule has 0 spiro atoms. The molecule has 4 rings (SSSR count). The van der Waals surface area contributed by atoms with Gasteiger partial charge in [0.05, 0.1) is 0 Å². The molecule has 0 fully saturated rings. The quantitative estimate of drug-likeness (QED) is 0.624. The first-order valence-corrected chi connectivity index (χ1v) is 9.64. The Balaban J connectivity index is 1.67. The first-order chi connectivity index (χ1) is 14.1. The highest BCUT2D eigenvalue weighted by Crippen LogP contribution is 2.34. The normalized spacial score (nSPS) is 13.1. The molecule has 8 nitrogen and oxygen atoms in total. The van der Waals surface area contributed by atoms with Crippen molar-refractivity contribution in [2.24, 2.45) is 0 Å². The molecule has 0 radical (unpaired) electrons. The predicted molar refractivity (Wildman–Crippen MR) is 111 cm³/mol. The molecule has 0 atom stereocenters. The lowest BCUT2D eigenvalue weighted by Crippen LogP contribution is -2.43. The summed E-state index contributed by atoms with van der Waals surface area (Å²) in [6.07, 6.45) is 1.35. The molecule has 0 saturated heterocycles. The van der Waals surface area contributed by atoms with E-state index >= 15 is 0 Å². The number of imide groups is 1. The van der Waals surface area contributed by atoms with E-state index in [1.54, 1.807) is 12.1 Å². The molecular formula is C21H22N6O2. The topological polar surface area (TPSA) is 100 Å². The van der Waals surface area contributed by atoms with Gasteiger partial charge in [-0.3, -0.25) is 14.5 Å². The fraction of sp³-hybridized carbons (Fsp3) is 0.286. The summed E-state index contributed by atoms with van der Waals surface area (Å²) in [5.74, 6) is 1.03. The lowest BCUT2D eigenvalue weighted by molar-refractivity contribution is 0.0622. The lowest BCUT2D eigenvalue weighted by atomic mass is 9.93. The number of rotatable bonds is 6. The molecule has 0 saturated carbocycles. The largest absolute Gasteiger partial charge is 0.388 e. The molecule has 0 unspecified atom stereocenters. The van der Waals surface area contributed by atoms with E-state index in [-0.39, 0.29) is 18.5 Å². The van der Waals surface area contributed by atoms with Gasteiger partial charge < -0.3 is 10.6 Å². The van der Waals surface area contributed by atoms with Crippen LogP contribution in [0.1, 0.15) is 46.2 Å². The van der Waals surface area contributed by atoms with Gasteiger partial charge in [-0.25, -0.2) is 4.98 Å². The first-order valence-electron chi connectivity index (χ1n) is 9.64. The van der Waals surface area contributed by atoms with E-state index in [1.807, 2.05) is 39.1 Å². The third kappa shape index (κ3) is 3.16. The van der Waals surface area contributed by atoms with E-state index in [2.05, 4.69) is 25.6 Å². The van der Waals surface area contributed by atoms with Crippen LogP contribution in [0.4, 0.5) is 11.6 Å². The van der Waals surface area contributed by atoms with E-state index in [0.717, 1.165) is 11.1 Å². The van der Waals surface area contributed by atoms with Crippen molar-refractivity contribution >= 4 is 34.2 Å². The highest BCUT2D eigenvalue weighted by atomic mass is 16.2. The van der Waals surface area contributed by atoms with Gasteiger partial charge in [0, 0.05) is 47.5 Å². The number of hydrogen-bond acceptors (Lipinski definition) is 7. The van der Waals surface area contributed by atoms with Gasteiger partial charge in [-0.15, -0.1) is 0 Å². The van der Waals surface area contributed by atoms with E-state index in [4.69, 9.17) is 0 Å². The van der Waals surface area contributed by atoms with Crippen LogP contribution in [0, 0.1) is 0 Å².